The lowest BCUT2D eigenvalue weighted by molar-refractivity contribution is -0.143. The van der Waals surface area contributed by atoms with E-state index < -0.39 is 0 Å². The van der Waals surface area contributed by atoms with Gasteiger partial charge in [-0.25, -0.2) is 9.78 Å². The summed E-state index contributed by atoms with van der Waals surface area (Å²) in [5, 5.41) is 5.66. The Kier molecular flexibility index (Phi) is 3.88. The number of thiazole rings is 1. The standard InChI is InChI=1S/C9H14N2O2S/c1-4-13-8(12)7(3)11-9-10-6(2)5-14-9/h5,7H,4H2,1-3H3,(H,10,11). The van der Waals surface area contributed by atoms with Gasteiger partial charge in [0.05, 0.1) is 12.3 Å². The average Bonchev–Trinajstić information content (AvgIpc) is 2.51. The third-order valence-corrected chi connectivity index (χ3v) is 2.49. The number of hydrogen-bond donors (Lipinski definition) is 1. The van der Waals surface area contributed by atoms with Gasteiger partial charge in [0, 0.05) is 5.38 Å². The summed E-state index contributed by atoms with van der Waals surface area (Å²) in [7, 11) is 0. The second kappa shape index (κ2) is 4.95. The minimum absolute atomic E-state index is 0.250. The molecule has 0 bridgehead atoms. The molecule has 0 spiro atoms. The Bertz CT molecular complexity index is 312. The number of nitrogens with one attached hydrogen (secondary N) is 1. The summed E-state index contributed by atoms with van der Waals surface area (Å²) in [5.41, 5.74) is 0.952. The number of hydrogen-bond acceptors (Lipinski definition) is 5. The van der Waals surface area contributed by atoms with E-state index in [1.54, 1.807) is 13.8 Å². The molecule has 0 aliphatic rings. The molecule has 1 unspecified atom stereocenters. The van der Waals surface area contributed by atoms with Crippen molar-refractivity contribution in [3.8, 4) is 0 Å². The van der Waals surface area contributed by atoms with Crippen LogP contribution >= 0.6 is 11.3 Å². The zero-order chi connectivity index (χ0) is 10.6. The molecule has 1 rings (SSSR count). The smallest absolute Gasteiger partial charge is 0.328 e. The summed E-state index contributed by atoms with van der Waals surface area (Å²) in [4.78, 5) is 15.4. The molecule has 0 fully saturated rings. The predicted molar refractivity (Wildman–Crippen MR) is 56.6 cm³/mol. The van der Waals surface area contributed by atoms with Gasteiger partial charge in [-0.3, -0.25) is 0 Å². The Labute approximate surface area is 87.3 Å². The van der Waals surface area contributed by atoms with Gasteiger partial charge in [-0.1, -0.05) is 0 Å². The van der Waals surface area contributed by atoms with Crippen LogP contribution in [-0.2, 0) is 9.53 Å². The molecule has 0 aliphatic heterocycles. The van der Waals surface area contributed by atoms with E-state index in [-0.39, 0.29) is 12.0 Å². The first-order valence-corrected chi connectivity index (χ1v) is 5.36. The maximum absolute atomic E-state index is 11.2. The predicted octanol–water partition coefficient (Wildman–Crippen LogP) is 1.82. The van der Waals surface area contributed by atoms with Crippen LogP contribution in [0.4, 0.5) is 5.13 Å². The lowest BCUT2D eigenvalue weighted by Gasteiger charge is -2.10. The first kappa shape index (κ1) is 11.0. The van der Waals surface area contributed by atoms with Crippen molar-refractivity contribution in [1.82, 2.24) is 4.98 Å². The van der Waals surface area contributed by atoms with Crippen LogP contribution in [0.2, 0.25) is 0 Å². The van der Waals surface area contributed by atoms with Gasteiger partial charge in [-0.05, 0) is 20.8 Å². The number of anilines is 1. The van der Waals surface area contributed by atoms with Crippen LogP contribution in [0.1, 0.15) is 19.5 Å². The van der Waals surface area contributed by atoms with Crippen LogP contribution in [-0.4, -0.2) is 23.6 Å². The van der Waals surface area contributed by atoms with E-state index in [1.807, 2.05) is 12.3 Å². The number of rotatable bonds is 4. The molecule has 0 aromatic carbocycles. The molecule has 1 aromatic rings. The van der Waals surface area contributed by atoms with Crippen molar-refractivity contribution in [3.05, 3.63) is 11.1 Å². The fourth-order valence-corrected chi connectivity index (χ4v) is 1.71. The lowest BCUT2D eigenvalue weighted by Crippen LogP contribution is -2.28. The zero-order valence-electron chi connectivity index (χ0n) is 8.53. The van der Waals surface area contributed by atoms with Gasteiger partial charge in [-0.15, -0.1) is 11.3 Å². The minimum atomic E-state index is -0.347. The second-order valence-corrected chi connectivity index (χ2v) is 3.77. The Balaban J connectivity index is 2.48. The summed E-state index contributed by atoms with van der Waals surface area (Å²) in [5.74, 6) is -0.250. The Morgan fingerprint density at radius 2 is 2.50 bits per heavy atom. The van der Waals surface area contributed by atoms with E-state index in [0.29, 0.717) is 6.61 Å². The van der Waals surface area contributed by atoms with Crippen molar-refractivity contribution in [1.29, 1.82) is 0 Å². The molecular weight excluding hydrogens is 200 g/mol. The largest absolute Gasteiger partial charge is 0.464 e. The summed E-state index contributed by atoms with van der Waals surface area (Å²) in [6.07, 6.45) is 0. The van der Waals surface area contributed by atoms with Crippen molar-refractivity contribution in [2.45, 2.75) is 26.8 Å². The highest BCUT2D eigenvalue weighted by atomic mass is 32.1. The fraction of sp³-hybridized carbons (Fsp3) is 0.556. The number of ether oxygens (including phenoxy) is 1. The number of nitrogens with zero attached hydrogens (tertiary/aromatic N) is 1. The molecule has 14 heavy (non-hydrogen) atoms. The van der Waals surface area contributed by atoms with E-state index in [2.05, 4.69) is 10.3 Å². The van der Waals surface area contributed by atoms with Gasteiger partial charge in [-0.2, -0.15) is 0 Å². The summed E-state index contributed by atoms with van der Waals surface area (Å²) >= 11 is 1.48. The first-order chi connectivity index (χ1) is 6.63. The van der Waals surface area contributed by atoms with E-state index >= 15 is 0 Å². The molecule has 1 aromatic heterocycles. The topological polar surface area (TPSA) is 51.2 Å². The van der Waals surface area contributed by atoms with Crippen LogP contribution in [0.3, 0.4) is 0 Å². The molecule has 5 heteroatoms. The molecule has 0 saturated carbocycles. The fourth-order valence-electron chi connectivity index (χ4n) is 0.932. The Morgan fingerprint density at radius 1 is 1.79 bits per heavy atom. The monoisotopic (exact) mass is 214 g/mol. The number of aryl methyl sites for hydroxylation is 1. The van der Waals surface area contributed by atoms with Gasteiger partial charge in [0.2, 0.25) is 0 Å². The molecule has 0 amide bonds. The number of carbonyl (C=O) groups excluding carboxylic acids is 1. The molecule has 78 valence electrons. The third kappa shape index (κ3) is 2.99. The van der Waals surface area contributed by atoms with Gasteiger partial charge >= 0.3 is 5.97 Å². The zero-order valence-corrected chi connectivity index (χ0v) is 9.35. The van der Waals surface area contributed by atoms with Crippen molar-refractivity contribution in [2.75, 3.05) is 11.9 Å². The Morgan fingerprint density at radius 3 is 3.00 bits per heavy atom. The highest BCUT2D eigenvalue weighted by Gasteiger charge is 2.14. The van der Waals surface area contributed by atoms with Crippen molar-refractivity contribution in [3.63, 3.8) is 0 Å². The maximum atomic E-state index is 11.2. The van der Waals surface area contributed by atoms with Crippen LogP contribution in [0, 0.1) is 6.92 Å². The first-order valence-electron chi connectivity index (χ1n) is 4.48. The molecule has 0 saturated heterocycles. The molecule has 4 nitrogen and oxygen atoms in total. The minimum Gasteiger partial charge on any atom is -0.464 e. The van der Waals surface area contributed by atoms with Gasteiger partial charge in [0.1, 0.15) is 6.04 Å². The van der Waals surface area contributed by atoms with Crippen LogP contribution in [0.5, 0.6) is 0 Å². The molecule has 0 radical (unpaired) electrons. The van der Waals surface area contributed by atoms with Crippen molar-refractivity contribution >= 4 is 22.4 Å². The third-order valence-electron chi connectivity index (χ3n) is 1.60. The van der Waals surface area contributed by atoms with E-state index in [0.717, 1.165) is 10.8 Å². The highest BCUT2D eigenvalue weighted by Crippen LogP contribution is 2.15. The van der Waals surface area contributed by atoms with E-state index in [1.165, 1.54) is 11.3 Å². The normalized spacial score (nSPS) is 12.2. The second-order valence-electron chi connectivity index (χ2n) is 2.91. The molecule has 1 N–H and O–H groups in total. The molecule has 1 heterocycles. The number of aromatic nitrogens is 1. The summed E-state index contributed by atoms with van der Waals surface area (Å²) in [6, 6.07) is -0.347. The van der Waals surface area contributed by atoms with Gasteiger partial charge in [0.15, 0.2) is 5.13 Å². The molecule has 1 atom stereocenters. The molecule has 0 aliphatic carbocycles. The number of carbonyl (C=O) groups is 1. The van der Waals surface area contributed by atoms with E-state index in [9.17, 15) is 4.79 Å². The highest BCUT2D eigenvalue weighted by molar-refractivity contribution is 7.13. The Hall–Kier alpha value is -1.10. The average molecular weight is 214 g/mol. The molecular formula is C9H14N2O2S. The lowest BCUT2D eigenvalue weighted by atomic mass is 10.3. The van der Waals surface area contributed by atoms with Crippen LogP contribution in [0.25, 0.3) is 0 Å². The van der Waals surface area contributed by atoms with Gasteiger partial charge in [0.25, 0.3) is 0 Å². The van der Waals surface area contributed by atoms with E-state index in [4.69, 9.17) is 4.74 Å². The van der Waals surface area contributed by atoms with Gasteiger partial charge < -0.3 is 10.1 Å². The quantitative estimate of drug-likeness (QED) is 0.777. The van der Waals surface area contributed by atoms with Crippen LogP contribution in [0.15, 0.2) is 5.38 Å². The van der Waals surface area contributed by atoms with Crippen LogP contribution < -0.4 is 5.32 Å². The van der Waals surface area contributed by atoms with Crippen molar-refractivity contribution < 1.29 is 9.53 Å². The summed E-state index contributed by atoms with van der Waals surface area (Å²) < 4.78 is 4.86. The maximum Gasteiger partial charge on any atom is 0.328 e. The summed E-state index contributed by atoms with van der Waals surface area (Å²) in [6.45, 7) is 5.87. The number of esters is 1. The SMILES string of the molecule is CCOC(=O)C(C)Nc1nc(C)cs1. The van der Waals surface area contributed by atoms with Crippen molar-refractivity contribution in [2.24, 2.45) is 0 Å².